The van der Waals surface area contributed by atoms with Gasteiger partial charge in [0.05, 0.1) is 10.8 Å². The molecule has 0 spiro atoms. The number of hydrogen-bond acceptors (Lipinski definition) is 5. The molecule has 0 amide bonds. The van der Waals surface area contributed by atoms with Crippen molar-refractivity contribution in [2.24, 2.45) is 5.92 Å². The average molecular weight is 473 g/mol. The third-order valence-corrected chi connectivity index (χ3v) is 8.33. The monoisotopic (exact) mass is 472 g/mol. The minimum absolute atomic E-state index is 0.242. The van der Waals surface area contributed by atoms with Crippen molar-refractivity contribution in [2.75, 3.05) is 19.7 Å². The maximum atomic E-state index is 13.0. The molecule has 0 aliphatic carbocycles. The van der Waals surface area contributed by atoms with Crippen LogP contribution in [0, 0.1) is 33.6 Å². The van der Waals surface area contributed by atoms with E-state index in [1.165, 1.54) is 4.31 Å². The maximum Gasteiger partial charge on any atom is 0.309 e. The van der Waals surface area contributed by atoms with Crippen LogP contribution in [0.5, 0.6) is 0 Å². The summed E-state index contributed by atoms with van der Waals surface area (Å²) in [6.45, 7) is 12.1. The zero-order valence-electron chi connectivity index (χ0n) is 19.8. The number of nitrogens with zero attached hydrogens (tertiary/aromatic N) is 2. The molecule has 1 aliphatic heterocycles. The number of sulfonamides is 1. The number of piperidine rings is 1. The molecule has 8 heteroatoms. The lowest BCUT2D eigenvalue weighted by molar-refractivity contribution is -0.148. The molecule has 1 aromatic carbocycles. The van der Waals surface area contributed by atoms with Gasteiger partial charge >= 0.3 is 5.97 Å². The summed E-state index contributed by atoms with van der Waals surface area (Å²) in [5, 5.41) is 0. The first-order chi connectivity index (χ1) is 15.6. The number of carbonyl (C=O) groups is 2. The van der Waals surface area contributed by atoms with Gasteiger partial charge in [0.2, 0.25) is 15.8 Å². The van der Waals surface area contributed by atoms with Gasteiger partial charge in [-0.25, -0.2) is 8.42 Å². The Balaban J connectivity index is 1.56. The molecule has 2 heterocycles. The smallest absolute Gasteiger partial charge is 0.309 e. The minimum Gasteiger partial charge on any atom is -0.457 e. The first-order valence-electron chi connectivity index (χ1n) is 11.1. The van der Waals surface area contributed by atoms with Gasteiger partial charge < -0.3 is 9.30 Å². The van der Waals surface area contributed by atoms with Crippen LogP contribution in [0.1, 0.15) is 45.7 Å². The van der Waals surface area contributed by atoms with Crippen molar-refractivity contribution in [3.63, 3.8) is 0 Å². The number of carbonyl (C=O) groups excluding carboxylic acids is 2. The van der Waals surface area contributed by atoms with Crippen LogP contribution in [0.3, 0.4) is 0 Å². The lowest BCUT2D eigenvalue weighted by atomic mass is 9.98. The van der Waals surface area contributed by atoms with E-state index in [0.717, 1.165) is 22.5 Å². The van der Waals surface area contributed by atoms with E-state index in [2.05, 4.69) is 6.58 Å². The van der Waals surface area contributed by atoms with Crippen molar-refractivity contribution in [3.05, 3.63) is 65.0 Å². The van der Waals surface area contributed by atoms with E-state index in [0.29, 0.717) is 24.9 Å². The van der Waals surface area contributed by atoms with E-state index in [9.17, 15) is 18.0 Å². The van der Waals surface area contributed by atoms with Crippen molar-refractivity contribution >= 4 is 21.8 Å². The Hall–Kier alpha value is -2.71. The highest BCUT2D eigenvalue weighted by Crippen LogP contribution is 2.26. The van der Waals surface area contributed by atoms with Crippen molar-refractivity contribution in [1.29, 1.82) is 0 Å². The van der Waals surface area contributed by atoms with Gasteiger partial charge in [0.1, 0.15) is 0 Å². The van der Waals surface area contributed by atoms with Gasteiger partial charge in [0.15, 0.2) is 6.61 Å². The Morgan fingerprint density at radius 3 is 2.36 bits per heavy atom. The van der Waals surface area contributed by atoms with Crippen molar-refractivity contribution < 1.29 is 22.7 Å². The molecule has 2 aromatic rings. The van der Waals surface area contributed by atoms with E-state index in [1.54, 1.807) is 30.3 Å². The Morgan fingerprint density at radius 1 is 1.09 bits per heavy atom. The molecule has 7 nitrogen and oxygen atoms in total. The predicted molar refractivity (Wildman–Crippen MR) is 127 cm³/mol. The van der Waals surface area contributed by atoms with Crippen LogP contribution in [0.4, 0.5) is 0 Å². The van der Waals surface area contributed by atoms with Crippen LogP contribution >= 0.6 is 0 Å². The molecular formula is C25H32N2O5S. The lowest BCUT2D eigenvalue weighted by Crippen LogP contribution is -2.40. The van der Waals surface area contributed by atoms with E-state index in [1.807, 2.05) is 32.3 Å². The van der Waals surface area contributed by atoms with Crippen LogP contribution in [0.15, 0.2) is 41.8 Å². The summed E-state index contributed by atoms with van der Waals surface area (Å²) in [5.74, 6) is -1.12. The molecule has 1 saturated heterocycles. The maximum absolute atomic E-state index is 13.0. The molecule has 1 aliphatic rings. The molecule has 0 unspecified atom stereocenters. The Kier molecular flexibility index (Phi) is 7.59. The first-order valence-corrected chi connectivity index (χ1v) is 12.5. The van der Waals surface area contributed by atoms with Crippen LogP contribution in [0.25, 0.3) is 0 Å². The van der Waals surface area contributed by atoms with E-state index in [4.69, 9.17) is 4.74 Å². The first kappa shape index (κ1) is 24.9. The summed E-state index contributed by atoms with van der Waals surface area (Å²) >= 11 is 0. The second-order valence-corrected chi connectivity index (χ2v) is 10.6. The molecule has 0 radical (unpaired) electrons. The van der Waals surface area contributed by atoms with Crippen LogP contribution in [-0.4, -0.2) is 48.7 Å². The van der Waals surface area contributed by atoms with Gasteiger partial charge in [-0.3, -0.25) is 9.59 Å². The van der Waals surface area contributed by atoms with Gasteiger partial charge in [-0.15, -0.1) is 6.58 Å². The molecule has 33 heavy (non-hydrogen) atoms. The van der Waals surface area contributed by atoms with Crippen molar-refractivity contribution in [2.45, 2.75) is 52.0 Å². The van der Waals surface area contributed by atoms with Crippen molar-refractivity contribution in [3.8, 4) is 0 Å². The lowest BCUT2D eigenvalue weighted by Gasteiger charge is -2.30. The molecular weight excluding hydrogens is 440 g/mol. The molecule has 1 aromatic heterocycles. The number of Topliss-reactive ketones (excluding diaryl/α,β-unsaturated/α-hetero) is 1. The standard InChI is InChI=1S/C25H32N2O5S/c1-6-11-27-19(4)15-23(20(27)5)24(28)16-32-25(29)21-9-12-26(13-10-21)33(30,31)22-8-7-17(2)18(3)14-22/h6-8,14-15,21H,1,9-13,16H2,2-5H3. The second-order valence-electron chi connectivity index (χ2n) is 8.64. The second kappa shape index (κ2) is 10.1. The Labute approximate surface area is 196 Å². The highest BCUT2D eigenvalue weighted by atomic mass is 32.2. The minimum atomic E-state index is -3.61. The zero-order chi connectivity index (χ0) is 24.3. The summed E-state index contributed by atoms with van der Waals surface area (Å²) in [7, 11) is -3.61. The SMILES string of the molecule is C=CCn1c(C)cc(C(=O)COC(=O)C2CCN(S(=O)(=O)c3ccc(C)c(C)c3)CC2)c1C. The summed E-state index contributed by atoms with van der Waals surface area (Å²) in [6.07, 6.45) is 2.50. The largest absolute Gasteiger partial charge is 0.457 e. The Bertz CT molecular complexity index is 1170. The highest BCUT2D eigenvalue weighted by Gasteiger charge is 2.33. The number of esters is 1. The van der Waals surface area contributed by atoms with E-state index >= 15 is 0 Å². The zero-order valence-corrected chi connectivity index (χ0v) is 20.6. The molecule has 178 valence electrons. The molecule has 3 rings (SSSR count). The summed E-state index contributed by atoms with van der Waals surface area (Å²) in [4.78, 5) is 25.4. The highest BCUT2D eigenvalue weighted by molar-refractivity contribution is 7.89. The fourth-order valence-corrected chi connectivity index (χ4v) is 5.74. The molecule has 1 fully saturated rings. The molecule has 0 bridgehead atoms. The predicted octanol–water partition coefficient (Wildman–Crippen LogP) is 3.73. The van der Waals surface area contributed by atoms with Gasteiger partial charge in [-0.1, -0.05) is 12.1 Å². The molecule has 0 atom stereocenters. The van der Waals surface area contributed by atoms with Gasteiger partial charge in [0, 0.05) is 36.6 Å². The van der Waals surface area contributed by atoms with E-state index < -0.39 is 21.9 Å². The number of hydrogen-bond donors (Lipinski definition) is 0. The van der Waals surface area contributed by atoms with Crippen molar-refractivity contribution in [1.82, 2.24) is 8.87 Å². The number of ether oxygens (including phenoxy) is 1. The number of aryl methyl sites for hydroxylation is 3. The third kappa shape index (κ3) is 5.28. The van der Waals surface area contributed by atoms with Crippen LogP contribution in [-0.2, 0) is 26.1 Å². The summed E-state index contributed by atoms with van der Waals surface area (Å²) in [6, 6.07) is 6.90. The number of benzene rings is 1. The van der Waals surface area contributed by atoms with Gasteiger partial charge in [0.25, 0.3) is 0 Å². The number of aromatic nitrogens is 1. The Morgan fingerprint density at radius 2 is 1.76 bits per heavy atom. The summed E-state index contributed by atoms with van der Waals surface area (Å²) < 4.78 is 34.6. The third-order valence-electron chi connectivity index (χ3n) is 6.43. The van der Waals surface area contributed by atoms with E-state index in [-0.39, 0.29) is 30.4 Å². The van der Waals surface area contributed by atoms with Crippen LogP contribution < -0.4 is 0 Å². The van der Waals surface area contributed by atoms with Gasteiger partial charge in [-0.05, 0) is 69.9 Å². The average Bonchev–Trinajstić information content (AvgIpc) is 3.07. The van der Waals surface area contributed by atoms with Crippen LogP contribution in [0.2, 0.25) is 0 Å². The molecule has 0 saturated carbocycles. The number of allylic oxidation sites excluding steroid dienone is 1. The normalized spacial score (nSPS) is 15.4. The number of rotatable bonds is 8. The molecule has 0 N–H and O–H groups in total. The fraction of sp³-hybridized carbons (Fsp3) is 0.440. The fourth-order valence-electron chi connectivity index (χ4n) is 4.18. The summed E-state index contributed by atoms with van der Waals surface area (Å²) in [5.41, 5.74) is 4.26. The van der Waals surface area contributed by atoms with Gasteiger partial charge in [-0.2, -0.15) is 4.31 Å². The topological polar surface area (TPSA) is 85.7 Å². The number of ketones is 1. The quantitative estimate of drug-likeness (QED) is 0.332.